The zero-order valence-corrected chi connectivity index (χ0v) is 42.2. The van der Waals surface area contributed by atoms with Crippen LogP contribution in [0.25, 0.3) is 154 Å². The Hall–Kier alpha value is -11.1. The van der Waals surface area contributed by atoms with Gasteiger partial charge >= 0.3 is 0 Å². The summed E-state index contributed by atoms with van der Waals surface area (Å²) in [5.41, 5.74) is 14.0. The lowest BCUT2D eigenvalue weighted by molar-refractivity contribution is 0.669. The van der Waals surface area contributed by atoms with Crippen molar-refractivity contribution in [3.63, 3.8) is 0 Å². The van der Waals surface area contributed by atoms with Crippen molar-refractivity contribution in [2.45, 2.75) is 0 Å². The Balaban J connectivity index is 1.22. The molecule has 0 amide bonds. The smallest absolute Gasteiger partial charge is 0.137 e. The zero-order chi connectivity index (χ0) is 52.0. The maximum absolute atomic E-state index is 12.7. The van der Waals surface area contributed by atoms with Crippen molar-refractivity contribution in [1.82, 2.24) is 18.3 Å². The van der Waals surface area contributed by atoms with Crippen LogP contribution in [0.5, 0.6) is 0 Å². The molecule has 5 aromatic heterocycles. The molecule has 0 fully saturated rings. The molecule has 364 valence electrons. The molecule has 79 heavy (non-hydrogen) atoms. The van der Waals surface area contributed by atoms with Crippen LogP contribution in [0.4, 0.5) is 0 Å². The summed E-state index contributed by atoms with van der Waals surface area (Å²) in [6, 6.07) is 90.7. The minimum Gasteiger partial charge on any atom is -0.456 e. The molecule has 0 spiro atoms. The van der Waals surface area contributed by atoms with Gasteiger partial charge in [-0.3, -0.25) is 0 Å². The Morgan fingerprint density at radius 3 is 1.16 bits per heavy atom. The monoisotopic (exact) mass is 1000 g/mol. The molecule has 0 saturated heterocycles. The van der Waals surface area contributed by atoms with Crippen molar-refractivity contribution in [2.24, 2.45) is 0 Å². The van der Waals surface area contributed by atoms with Gasteiger partial charge in [-0.15, -0.1) is 0 Å². The fourth-order valence-corrected chi connectivity index (χ4v) is 13.6. The lowest BCUT2D eigenvalue weighted by atomic mass is 9.94. The van der Waals surface area contributed by atoms with E-state index in [-0.39, 0.29) is 0 Å². The molecule has 7 heteroatoms. The summed E-state index contributed by atoms with van der Waals surface area (Å²) in [7, 11) is 0. The number of benzene rings is 12. The third-order valence-electron chi connectivity index (χ3n) is 16.6. The first-order chi connectivity index (χ1) is 39.2. The summed E-state index contributed by atoms with van der Waals surface area (Å²) in [6.07, 6.45) is 0. The summed E-state index contributed by atoms with van der Waals surface area (Å²) in [5.74, 6) is 0. The van der Waals surface area contributed by atoms with E-state index in [2.05, 4.69) is 249 Å². The number of furan rings is 1. The minimum atomic E-state index is 0.346. The third kappa shape index (κ3) is 5.72. The maximum Gasteiger partial charge on any atom is 0.137 e. The number of rotatable bonds is 5. The van der Waals surface area contributed by atoms with E-state index < -0.39 is 0 Å². The number of para-hydroxylation sites is 7. The van der Waals surface area contributed by atoms with Crippen LogP contribution >= 0.6 is 0 Å². The molecule has 17 rings (SSSR count). The third-order valence-corrected chi connectivity index (χ3v) is 16.6. The second kappa shape index (κ2) is 16.2. The Bertz CT molecular complexity index is 5290. The van der Waals surface area contributed by atoms with Crippen LogP contribution in [0, 0.1) is 22.7 Å². The number of aromatic nitrogens is 4. The number of nitrogens with zero attached hydrogens (tertiary/aromatic N) is 6. The Morgan fingerprint density at radius 1 is 0.266 bits per heavy atom. The Kier molecular flexibility index (Phi) is 8.85. The molecular weight excluding hydrogens is 965 g/mol. The first-order valence-corrected chi connectivity index (χ1v) is 26.6. The van der Waals surface area contributed by atoms with Crippen LogP contribution in [-0.2, 0) is 0 Å². The van der Waals surface area contributed by atoms with Gasteiger partial charge in [-0.2, -0.15) is 10.5 Å². The SMILES string of the molecule is N#Cc1c(-n2c3ccccc3c3ccccc32)c(C#N)c(-n2c3ccccc3c3ccccc32)c(-n2c3cccc(-c4cccc5ccccc45)c3c3ccc4oc5ccccc5c4c32)c1-n1c2ccccc2c2ccccc21. The molecule has 0 radical (unpaired) electrons. The number of hydrogen-bond acceptors (Lipinski definition) is 3. The van der Waals surface area contributed by atoms with Crippen molar-refractivity contribution in [1.29, 1.82) is 10.5 Å². The van der Waals surface area contributed by atoms with Gasteiger partial charge in [-0.1, -0.05) is 182 Å². The molecule has 17 aromatic rings. The summed E-state index contributed by atoms with van der Waals surface area (Å²) in [5, 5.41) is 37.7. The highest BCUT2D eigenvalue weighted by molar-refractivity contribution is 6.28. The van der Waals surface area contributed by atoms with E-state index in [4.69, 9.17) is 4.42 Å². The van der Waals surface area contributed by atoms with E-state index in [0.29, 0.717) is 33.9 Å². The molecule has 0 unspecified atom stereocenters. The molecule has 0 N–H and O–H groups in total. The van der Waals surface area contributed by atoms with Crippen LogP contribution < -0.4 is 0 Å². The summed E-state index contributed by atoms with van der Waals surface area (Å²) in [6.45, 7) is 0. The van der Waals surface area contributed by atoms with Gasteiger partial charge in [0, 0.05) is 48.5 Å². The van der Waals surface area contributed by atoms with Crippen LogP contribution in [0.2, 0.25) is 0 Å². The van der Waals surface area contributed by atoms with E-state index in [1.54, 1.807) is 0 Å². The lowest BCUT2D eigenvalue weighted by Gasteiger charge is -2.27. The molecule has 0 aliphatic rings. The van der Waals surface area contributed by atoms with Gasteiger partial charge < -0.3 is 22.7 Å². The van der Waals surface area contributed by atoms with Crippen LogP contribution in [-0.4, -0.2) is 18.3 Å². The average molecular weight is 1010 g/mol. The van der Waals surface area contributed by atoms with E-state index in [0.717, 1.165) is 131 Å². The van der Waals surface area contributed by atoms with Crippen molar-refractivity contribution in [3.05, 3.63) is 254 Å². The van der Waals surface area contributed by atoms with Gasteiger partial charge in [0.15, 0.2) is 0 Å². The van der Waals surface area contributed by atoms with Gasteiger partial charge in [0.1, 0.15) is 34.4 Å². The molecule has 0 bridgehead atoms. The molecule has 0 aliphatic heterocycles. The van der Waals surface area contributed by atoms with Gasteiger partial charge in [-0.25, -0.2) is 0 Å². The van der Waals surface area contributed by atoms with E-state index >= 15 is 0 Å². The predicted octanol–water partition coefficient (Wildman–Crippen LogP) is 18.5. The number of fused-ring (bicyclic) bond motifs is 17. The fourth-order valence-electron chi connectivity index (χ4n) is 13.6. The lowest BCUT2D eigenvalue weighted by Crippen LogP contribution is -2.17. The zero-order valence-electron chi connectivity index (χ0n) is 42.2. The van der Waals surface area contributed by atoms with Gasteiger partial charge in [-0.05, 0) is 82.6 Å². The summed E-state index contributed by atoms with van der Waals surface area (Å²) < 4.78 is 16.0. The van der Waals surface area contributed by atoms with Gasteiger partial charge in [0.05, 0.1) is 72.3 Å². The van der Waals surface area contributed by atoms with Crippen molar-refractivity contribution >= 4 is 120 Å². The standard InChI is InChI=1S/C72H40N6O/c73-41-55-68(75-57-31-10-3-22-46(57)47-23-4-11-32-58(47)75)56(42-74)71(77-61-35-14-7-26-50(61)51-27-8-15-36-62(51)77)72(70(55)76-59-33-12-5-24-48(59)49-25-6-13-34-60(49)76)78-63-37-18-30-52(45-29-17-20-43-19-1-2-21-44(43)45)66(63)54-39-40-65-67(69(54)78)53-28-9-16-38-64(53)79-65/h1-40H. The first-order valence-electron chi connectivity index (χ1n) is 26.6. The minimum absolute atomic E-state index is 0.346. The average Bonchev–Trinajstić information content (AvgIpc) is 4.51. The van der Waals surface area contributed by atoms with E-state index in [1.807, 2.05) is 24.3 Å². The Morgan fingerprint density at radius 2 is 0.658 bits per heavy atom. The highest BCUT2D eigenvalue weighted by atomic mass is 16.3. The summed E-state index contributed by atoms with van der Waals surface area (Å²) >= 11 is 0. The largest absolute Gasteiger partial charge is 0.456 e. The highest BCUT2D eigenvalue weighted by Gasteiger charge is 2.35. The van der Waals surface area contributed by atoms with Crippen molar-refractivity contribution in [2.75, 3.05) is 0 Å². The first kappa shape index (κ1) is 43.2. The van der Waals surface area contributed by atoms with Crippen LogP contribution in [0.15, 0.2) is 247 Å². The molecular formula is C72H40N6O. The molecule has 0 saturated carbocycles. The number of nitriles is 2. The number of hydrogen-bond donors (Lipinski definition) is 0. The van der Waals surface area contributed by atoms with Crippen LogP contribution in [0.3, 0.4) is 0 Å². The fraction of sp³-hybridized carbons (Fsp3) is 0. The highest BCUT2D eigenvalue weighted by Crippen LogP contribution is 2.52. The summed E-state index contributed by atoms with van der Waals surface area (Å²) in [4.78, 5) is 0. The molecule has 5 heterocycles. The van der Waals surface area contributed by atoms with E-state index in [1.165, 1.54) is 0 Å². The van der Waals surface area contributed by atoms with Gasteiger partial charge in [0.2, 0.25) is 0 Å². The van der Waals surface area contributed by atoms with Crippen LogP contribution in [0.1, 0.15) is 11.1 Å². The molecule has 7 nitrogen and oxygen atoms in total. The topological polar surface area (TPSA) is 80.4 Å². The second-order valence-corrected chi connectivity index (χ2v) is 20.5. The van der Waals surface area contributed by atoms with Crippen molar-refractivity contribution < 1.29 is 4.42 Å². The predicted molar refractivity (Wildman–Crippen MR) is 323 cm³/mol. The molecule has 0 atom stereocenters. The normalized spacial score (nSPS) is 12.0. The maximum atomic E-state index is 12.7. The van der Waals surface area contributed by atoms with Crippen molar-refractivity contribution in [3.8, 4) is 46.0 Å². The second-order valence-electron chi connectivity index (χ2n) is 20.5. The van der Waals surface area contributed by atoms with Gasteiger partial charge in [0.25, 0.3) is 0 Å². The quantitative estimate of drug-likeness (QED) is 0.172. The van der Waals surface area contributed by atoms with E-state index in [9.17, 15) is 10.5 Å². The molecule has 0 aliphatic carbocycles. The Labute approximate surface area is 450 Å². The molecule has 12 aromatic carbocycles.